The van der Waals surface area contributed by atoms with Gasteiger partial charge in [0.15, 0.2) is 0 Å². The summed E-state index contributed by atoms with van der Waals surface area (Å²) in [7, 11) is 0. The van der Waals surface area contributed by atoms with Gasteiger partial charge in [-0.2, -0.15) is 4.98 Å². The first-order chi connectivity index (χ1) is 14.1. The minimum Gasteiger partial charge on any atom is -0.459 e. The quantitative estimate of drug-likeness (QED) is 0.436. The van der Waals surface area contributed by atoms with Gasteiger partial charge in [-0.15, -0.1) is 0 Å². The molecule has 4 N–H and O–H groups in total. The van der Waals surface area contributed by atoms with E-state index in [-0.39, 0.29) is 0 Å². The van der Waals surface area contributed by atoms with Gasteiger partial charge in [-0.1, -0.05) is 18.5 Å². The molecule has 8 heteroatoms. The zero-order valence-corrected chi connectivity index (χ0v) is 16.0. The molecule has 0 atom stereocenters. The van der Waals surface area contributed by atoms with Crippen LogP contribution in [0.25, 0.3) is 33.8 Å². The van der Waals surface area contributed by atoms with Gasteiger partial charge in [-0.3, -0.25) is 4.98 Å². The third-order valence-electron chi connectivity index (χ3n) is 4.83. The van der Waals surface area contributed by atoms with Crippen molar-refractivity contribution >= 4 is 11.0 Å². The van der Waals surface area contributed by atoms with E-state index < -0.39 is 18.8 Å². The van der Waals surface area contributed by atoms with Gasteiger partial charge in [0.1, 0.15) is 16.9 Å². The van der Waals surface area contributed by atoms with Crippen LogP contribution < -0.4 is 5.73 Å². The minimum atomic E-state index is -1.34. The SMILES string of the molecule is CCCc1ccc(-c2nc(-c3ccc4oc(C(N)(CO)CO)cc4c3)no2)cn1. The molecule has 3 aromatic heterocycles. The lowest BCUT2D eigenvalue weighted by atomic mass is 10.00. The van der Waals surface area contributed by atoms with Crippen LogP contribution >= 0.6 is 0 Å². The van der Waals surface area contributed by atoms with E-state index >= 15 is 0 Å². The molecule has 150 valence electrons. The smallest absolute Gasteiger partial charge is 0.259 e. The lowest BCUT2D eigenvalue weighted by molar-refractivity contribution is 0.105. The molecule has 0 aliphatic carbocycles. The van der Waals surface area contributed by atoms with E-state index in [0.717, 1.165) is 35.0 Å². The van der Waals surface area contributed by atoms with Crippen molar-refractivity contribution in [1.82, 2.24) is 15.1 Å². The molecule has 0 saturated heterocycles. The number of hydrogen-bond donors (Lipinski definition) is 3. The molecule has 0 bridgehead atoms. The maximum Gasteiger partial charge on any atom is 0.259 e. The summed E-state index contributed by atoms with van der Waals surface area (Å²) >= 11 is 0. The summed E-state index contributed by atoms with van der Waals surface area (Å²) in [6, 6.07) is 11.0. The Morgan fingerprint density at radius 1 is 1.07 bits per heavy atom. The number of aromatic nitrogens is 3. The fraction of sp³-hybridized carbons (Fsp3) is 0.286. The van der Waals surface area contributed by atoms with E-state index in [9.17, 15) is 10.2 Å². The number of benzene rings is 1. The average molecular weight is 394 g/mol. The predicted octanol–water partition coefficient (Wildman–Crippen LogP) is 2.64. The first-order valence-electron chi connectivity index (χ1n) is 9.40. The van der Waals surface area contributed by atoms with E-state index in [1.807, 2.05) is 24.3 Å². The highest BCUT2D eigenvalue weighted by molar-refractivity contribution is 5.83. The Hall–Kier alpha value is -3.07. The maximum atomic E-state index is 9.47. The molecule has 0 amide bonds. The zero-order valence-electron chi connectivity index (χ0n) is 16.0. The summed E-state index contributed by atoms with van der Waals surface area (Å²) in [6.07, 6.45) is 3.70. The number of nitrogens with zero attached hydrogens (tertiary/aromatic N) is 3. The van der Waals surface area contributed by atoms with Crippen LogP contribution in [0.15, 0.2) is 51.5 Å². The molecular weight excluding hydrogens is 372 g/mol. The number of pyridine rings is 1. The van der Waals surface area contributed by atoms with Gasteiger partial charge >= 0.3 is 0 Å². The molecule has 29 heavy (non-hydrogen) atoms. The number of aliphatic hydroxyl groups is 2. The highest BCUT2D eigenvalue weighted by Crippen LogP contribution is 2.30. The fourth-order valence-electron chi connectivity index (χ4n) is 3.05. The van der Waals surface area contributed by atoms with Crippen LogP contribution in [0, 0.1) is 0 Å². The molecule has 1 aromatic carbocycles. The second-order valence-electron chi connectivity index (χ2n) is 7.05. The number of furan rings is 1. The summed E-state index contributed by atoms with van der Waals surface area (Å²) in [6.45, 7) is 1.24. The number of hydrogen-bond acceptors (Lipinski definition) is 8. The third-order valence-corrected chi connectivity index (χ3v) is 4.83. The lowest BCUT2D eigenvalue weighted by Crippen LogP contribution is -2.43. The maximum absolute atomic E-state index is 9.47. The van der Waals surface area contributed by atoms with Crippen molar-refractivity contribution < 1.29 is 19.2 Å². The molecule has 0 unspecified atom stereocenters. The molecule has 8 nitrogen and oxygen atoms in total. The summed E-state index contributed by atoms with van der Waals surface area (Å²) in [5.74, 6) is 1.14. The van der Waals surface area contributed by atoms with Gasteiger partial charge in [0.05, 0.1) is 18.8 Å². The van der Waals surface area contributed by atoms with E-state index in [4.69, 9.17) is 14.7 Å². The molecule has 0 aliphatic rings. The first-order valence-corrected chi connectivity index (χ1v) is 9.40. The molecule has 3 heterocycles. The van der Waals surface area contributed by atoms with Crippen molar-refractivity contribution in [3.05, 3.63) is 54.0 Å². The Bertz CT molecular complexity index is 1110. The summed E-state index contributed by atoms with van der Waals surface area (Å²) < 4.78 is 11.1. The summed E-state index contributed by atoms with van der Waals surface area (Å²) in [4.78, 5) is 8.88. The number of nitrogens with two attached hydrogens (primary N) is 1. The summed E-state index contributed by atoms with van der Waals surface area (Å²) in [5.41, 5.74) is 7.76. The molecule has 0 saturated carbocycles. The molecule has 0 spiro atoms. The van der Waals surface area contributed by atoms with Crippen LogP contribution in [0.4, 0.5) is 0 Å². The Kier molecular flexibility index (Phi) is 5.14. The van der Waals surface area contributed by atoms with Gasteiger partial charge in [-0.05, 0) is 42.8 Å². The second kappa shape index (κ2) is 7.75. The highest BCUT2D eigenvalue weighted by Gasteiger charge is 2.30. The van der Waals surface area contributed by atoms with Gasteiger partial charge in [0.2, 0.25) is 5.82 Å². The number of fused-ring (bicyclic) bond motifs is 1. The van der Waals surface area contributed by atoms with Crippen LogP contribution in [0.5, 0.6) is 0 Å². The average Bonchev–Trinajstić information content (AvgIpc) is 3.41. The monoisotopic (exact) mass is 394 g/mol. The van der Waals surface area contributed by atoms with Crippen molar-refractivity contribution in [3.8, 4) is 22.8 Å². The predicted molar refractivity (Wildman–Crippen MR) is 107 cm³/mol. The molecule has 0 fully saturated rings. The molecule has 0 aliphatic heterocycles. The van der Waals surface area contributed by atoms with Crippen molar-refractivity contribution in [2.24, 2.45) is 5.73 Å². The number of aryl methyl sites for hydroxylation is 1. The topological polar surface area (TPSA) is 131 Å². The number of aliphatic hydroxyl groups excluding tert-OH is 2. The van der Waals surface area contributed by atoms with Crippen molar-refractivity contribution in [3.63, 3.8) is 0 Å². The van der Waals surface area contributed by atoms with Crippen LogP contribution in [-0.2, 0) is 12.0 Å². The largest absolute Gasteiger partial charge is 0.459 e. The van der Waals surface area contributed by atoms with E-state index in [1.54, 1.807) is 18.3 Å². The van der Waals surface area contributed by atoms with Gasteiger partial charge in [0.25, 0.3) is 5.89 Å². The second-order valence-corrected chi connectivity index (χ2v) is 7.05. The standard InChI is InChI=1S/C21H22N4O4/c1-2-3-16-6-4-14(10-23-16)20-24-19(25-29-20)13-5-7-17-15(8-13)9-18(28-17)21(22,11-26)12-27/h4-10,26-27H,2-3,11-12,22H2,1H3. The van der Waals surface area contributed by atoms with Gasteiger partial charge < -0.3 is 24.9 Å². The summed E-state index contributed by atoms with van der Waals surface area (Å²) in [5, 5.41) is 23.8. The Balaban J connectivity index is 1.63. The van der Waals surface area contributed by atoms with Crippen LogP contribution in [0.1, 0.15) is 24.8 Å². The zero-order chi connectivity index (χ0) is 20.4. The van der Waals surface area contributed by atoms with Crippen molar-refractivity contribution in [2.45, 2.75) is 25.3 Å². The normalized spacial score (nSPS) is 12.0. The molecular formula is C21H22N4O4. The first kappa shape index (κ1) is 19.3. The fourth-order valence-corrected chi connectivity index (χ4v) is 3.05. The Morgan fingerprint density at radius 3 is 2.55 bits per heavy atom. The van der Waals surface area contributed by atoms with E-state index in [1.165, 1.54) is 0 Å². The Morgan fingerprint density at radius 2 is 1.86 bits per heavy atom. The lowest BCUT2D eigenvalue weighted by Gasteiger charge is -2.21. The third kappa shape index (κ3) is 3.65. The van der Waals surface area contributed by atoms with Gasteiger partial charge in [0, 0.05) is 22.8 Å². The minimum absolute atomic E-state index is 0.307. The Labute approximate surface area is 167 Å². The van der Waals surface area contributed by atoms with E-state index in [0.29, 0.717) is 23.1 Å². The van der Waals surface area contributed by atoms with Gasteiger partial charge in [-0.25, -0.2) is 0 Å². The van der Waals surface area contributed by atoms with E-state index in [2.05, 4.69) is 22.0 Å². The molecule has 4 rings (SSSR count). The van der Waals surface area contributed by atoms with Crippen LogP contribution in [0.3, 0.4) is 0 Å². The van der Waals surface area contributed by atoms with Crippen LogP contribution in [-0.4, -0.2) is 38.6 Å². The molecule has 4 aromatic rings. The van der Waals surface area contributed by atoms with Crippen molar-refractivity contribution in [2.75, 3.05) is 13.2 Å². The van der Waals surface area contributed by atoms with Crippen LogP contribution in [0.2, 0.25) is 0 Å². The highest BCUT2D eigenvalue weighted by atomic mass is 16.5. The molecule has 0 radical (unpaired) electrons. The van der Waals surface area contributed by atoms with Crippen molar-refractivity contribution in [1.29, 1.82) is 0 Å². The number of rotatable bonds is 7.